The van der Waals surface area contributed by atoms with Crippen LogP contribution in [0.5, 0.6) is 11.5 Å². The maximum absolute atomic E-state index is 15.0. The second-order valence-electron chi connectivity index (χ2n) is 25.7. The number of hydrogen-bond donors (Lipinski definition) is 16. The molecule has 4 aromatic rings. The summed E-state index contributed by atoms with van der Waals surface area (Å²) >= 11 is 0. The van der Waals surface area contributed by atoms with Gasteiger partial charge in [0.05, 0.1) is 6.04 Å². The summed E-state index contributed by atoms with van der Waals surface area (Å²) < 4.78 is 0. The van der Waals surface area contributed by atoms with Crippen molar-refractivity contribution in [3.8, 4) is 11.5 Å². The zero-order valence-corrected chi connectivity index (χ0v) is 57.2. The van der Waals surface area contributed by atoms with Crippen LogP contribution >= 0.6 is 0 Å². The topological polar surface area (TPSA) is 473 Å². The SMILES string of the molecule is CC[C@H](C)[C@H](NC(=O)[C@H](Cc1ccc(O)cc1)NC(=O)[C@@H]1CCCN1C(=O)[C@H](CCCCN)NC(=O)[C@H](CCCCN)NC(=O)[C@H](Cc1ccccc1)NC(=O)[C@H](Cc1ccccc1)NC(=O)[C@@H](CCCN=C(N)N)NC(=O)[C@@H](N)Cc1ccc(O)cc1)C(=O)N[C@@H](CC(C)C)C(=O)O. The van der Waals surface area contributed by atoms with Gasteiger partial charge in [-0.2, -0.15) is 0 Å². The molecular weight excluding hydrogens is 1270 g/mol. The Morgan fingerprint density at radius 3 is 1.39 bits per heavy atom. The number of unbranched alkanes of at least 4 members (excludes halogenated alkanes) is 2. The van der Waals surface area contributed by atoms with Crippen LogP contribution in [0.15, 0.2) is 114 Å². The smallest absolute Gasteiger partial charge is 0.326 e. The molecule has 99 heavy (non-hydrogen) atoms. The van der Waals surface area contributed by atoms with E-state index in [9.17, 15) is 53.7 Å². The molecule has 0 aromatic heterocycles. The highest BCUT2D eigenvalue weighted by Gasteiger charge is 2.41. The summed E-state index contributed by atoms with van der Waals surface area (Å²) in [4.78, 5) is 149. The number of hydrogen-bond acceptors (Lipinski definition) is 16. The molecule has 9 amide bonds. The summed E-state index contributed by atoms with van der Waals surface area (Å²) in [5.41, 5.74) is 31.8. The molecule has 1 aliphatic rings. The highest BCUT2D eigenvalue weighted by Crippen LogP contribution is 2.23. The molecule has 11 atom stereocenters. The molecule has 1 heterocycles. The van der Waals surface area contributed by atoms with Crippen LogP contribution in [0, 0.1) is 11.8 Å². The molecule has 0 unspecified atom stereocenters. The van der Waals surface area contributed by atoms with Crippen molar-refractivity contribution in [3.63, 3.8) is 0 Å². The van der Waals surface area contributed by atoms with Gasteiger partial charge in [0.25, 0.3) is 0 Å². The van der Waals surface area contributed by atoms with Gasteiger partial charge in [0.2, 0.25) is 53.2 Å². The zero-order valence-electron chi connectivity index (χ0n) is 57.2. The van der Waals surface area contributed by atoms with Crippen LogP contribution in [-0.2, 0) is 73.6 Å². The first-order chi connectivity index (χ1) is 47.3. The Bertz CT molecular complexity index is 3290. The zero-order chi connectivity index (χ0) is 72.6. The van der Waals surface area contributed by atoms with Crippen molar-refractivity contribution < 1.29 is 63.3 Å². The first kappa shape index (κ1) is 80.0. The molecule has 540 valence electrons. The molecule has 0 bridgehead atoms. The number of carbonyl (C=O) groups is 10. The van der Waals surface area contributed by atoms with Crippen molar-refractivity contribution in [1.29, 1.82) is 0 Å². The van der Waals surface area contributed by atoms with Gasteiger partial charge in [-0.05, 0) is 148 Å². The number of aliphatic carboxylic acids is 1. The summed E-state index contributed by atoms with van der Waals surface area (Å²) in [5.74, 6) is -8.66. The number of likely N-dealkylation sites (tertiary alicyclic amines) is 1. The second kappa shape index (κ2) is 41.6. The molecule has 21 N–H and O–H groups in total. The number of nitrogens with one attached hydrogen (secondary N) is 8. The molecule has 0 spiro atoms. The van der Waals surface area contributed by atoms with Crippen molar-refractivity contribution in [2.75, 3.05) is 26.2 Å². The van der Waals surface area contributed by atoms with E-state index >= 15 is 9.59 Å². The fourth-order valence-corrected chi connectivity index (χ4v) is 11.5. The van der Waals surface area contributed by atoms with Gasteiger partial charge < -0.3 is 91.4 Å². The predicted octanol–water partition coefficient (Wildman–Crippen LogP) is 1.05. The minimum Gasteiger partial charge on any atom is -0.508 e. The maximum atomic E-state index is 15.0. The van der Waals surface area contributed by atoms with Gasteiger partial charge in [-0.3, -0.25) is 48.1 Å². The number of nitrogens with zero attached hydrogens (tertiary/aromatic N) is 2. The molecule has 28 heteroatoms. The largest absolute Gasteiger partial charge is 0.508 e. The monoisotopic (exact) mass is 1370 g/mol. The van der Waals surface area contributed by atoms with Gasteiger partial charge in [-0.25, -0.2) is 4.79 Å². The molecular formula is C71H103N15O13. The number of nitrogens with two attached hydrogens (primary N) is 5. The summed E-state index contributed by atoms with van der Waals surface area (Å²) in [6.45, 7) is 7.83. The summed E-state index contributed by atoms with van der Waals surface area (Å²) in [5, 5.41) is 52.1. The number of phenols is 2. The molecule has 0 aliphatic carbocycles. The average molecular weight is 1370 g/mol. The van der Waals surface area contributed by atoms with E-state index in [1.54, 1.807) is 98.8 Å². The molecule has 1 aliphatic heterocycles. The normalized spacial score (nSPS) is 15.8. The van der Waals surface area contributed by atoms with Crippen molar-refractivity contribution in [2.45, 2.75) is 191 Å². The van der Waals surface area contributed by atoms with Gasteiger partial charge in [0, 0.05) is 32.4 Å². The van der Waals surface area contributed by atoms with E-state index in [-0.39, 0.29) is 114 Å². The third kappa shape index (κ3) is 27.3. The average Bonchev–Trinajstić information content (AvgIpc) is 1.79. The van der Waals surface area contributed by atoms with Gasteiger partial charge >= 0.3 is 5.97 Å². The number of aliphatic imine (C=N–C) groups is 1. The fraction of sp³-hybridized carbons (Fsp3) is 0.507. The van der Waals surface area contributed by atoms with Crippen molar-refractivity contribution in [1.82, 2.24) is 47.4 Å². The number of aromatic hydroxyl groups is 2. The van der Waals surface area contributed by atoms with Crippen LogP contribution in [-0.4, -0.2) is 172 Å². The summed E-state index contributed by atoms with van der Waals surface area (Å²) in [6, 6.07) is 16.9. The number of phenolic OH excluding ortho intramolecular Hbond substituents is 2. The lowest BCUT2D eigenvalue weighted by Gasteiger charge is -2.32. The predicted molar refractivity (Wildman–Crippen MR) is 374 cm³/mol. The Balaban J connectivity index is 1.42. The van der Waals surface area contributed by atoms with Crippen molar-refractivity contribution >= 4 is 65.1 Å². The van der Waals surface area contributed by atoms with Gasteiger partial charge in [0.1, 0.15) is 65.9 Å². The van der Waals surface area contributed by atoms with Crippen LogP contribution < -0.4 is 71.2 Å². The van der Waals surface area contributed by atoms with Crippen LogP contribution in [0.1, 0.15) is 127 Å². The minimum absolute atomic E-state index is 0.00596. The van der Waals surface area contributed by atoms with Crippen LogP contribution in [0.2, 0.25) is 0 Å². The fourth-order valence-electron chi connectivity index (χ4n) is 11.5. The van der Waals surface area contributed by atoms with Crippen LogP contribution in [0.4, 0.5) is 0 Å². The number of carboxylic acid groups (broad SMARTS) is 1. The molecule has 0 saturated carbocycles. The lowest BCUT2D eigenvalue weighted by molar-refractivity contribution is -0.143. The Kier molecular flexibility index (Phi) is 33.6. The number of amides is 9. The number of rotatable bonds is 42. The van der Waals surface area contributed by atoms with E-state index < -0.39 is 125 Å². The van der Waals surface area contributed by atoms with Crippen LogP contribution in [0.3, 0.4) is 0 Å². The lowest BCUT2D eigenvalue weighted by atomic mass is 9.96. The van der Waals surface area contributed by atoms with Gasteiger partial charge in [-0.15, -0.1) is 0 Å². The summed E-state index contributed by atoms with van der Waals surface area (Å²) in [6.07, 6.45) is 2.72. The van der Waals surface area contributed by atoms with Gasteiger partial charge in [0.15, 0.2) is 5.96 Å². The van der Waals surface area contributed by atoms with E-state index in [2.05, 4.69) is 47.5 Å². The summed E-state index contributed by atoms with van der Waals surface area (Å²) in [7, 11) is 0. The molecule has 0 radical (unpaired) electrons. The number of carbonyl (C=O) groups excluding carboxylic acids is 9. The number of guanidine groups is 1. The second-order valence-corrected chi connectivity index (χ2v) is 25.7. The van der Waals surface area contributed by atoms with Crippen molar-refractivity contribution in [3.05, 3.63) is 131 Å². The molecule has 1 fully saturated rings. The van der Waals surface area contributed by atoms with E-state index in [0.717, 1.165) is 0 Å². The third-order valence-corrected chi connectivity index (χ3v) is 17.2. The number of carboxylic acids is 1. The molecule has 5 rings (SSSR count). The Hall–Kier alpha value is -9.67. The van der Waals surface area contributed by atoms with E-state index in [1.165, 1.54) is 29.2 Å². The van der Waals surface area contributed by atoms with Gasteiger partial charge in [-0.1, -0.05) is 119 Å². The number of benzene rings is 4. The molecule has 28 nitrogen and oxygen atoms in total. The van der Waals surface area contributed by atoms with Crippen LogP contribution in [0.25, 0.3) is 0 Å². The van der Waals surface area contributed by atoms with E-state index in [4.69, 9.17) is 28.7 Å². The first-order valence-corrected chi connectivity index (χ1v) is 34.1. The lowest BCUT2D eigenvalue weighted by Crippen LogP contribution is -2.61. The quantitative estimate of drug-likeness (QED) is 0.0167. The molecule has 1 saturated heterocycles. The Morgan fingerprint density at radius 2 is 0.919 bits per heavy atom. The molecule has 4 aromatic carbocycles. The van der Waals surface area contributed by atoms with E-state index in [1.807, 2.05) is 13.8 Å². The van der Waals surface area contributed by atoms with E-state index in [0.29, 0.717) is 60.8 Å². The highest BCUT2D eigenvalue weighted by molar-refractivity contribution is 5.99. The Labute approximate surface area is 579 Å². The standard InChI is InChI=1S/C71H103N15O13/c1-5-44(4)60(68(96)84-58(70(98)99)38-43(2)3)85-66(94)57(42-48-28-32-50(88)33-29-48)83-67(95)59-25-17-37-86(59)69(97)54(23-13-15-35-73)80-62(90)52(22-12-14-34-72)79-64(92)55(40-45-18-8-6-9-19-45)82-65(93)56(41-46-20-10-7-11-21-46)81-63(91)53(24-16-36-77-71(75)76)78-61(89)51(74)39-47-26-30-49(87)31-27-47/h6-11,18-21,26-33,43-44,51-60,87-88H,5,12-17,22-25,34-42,72-74H2,1-4H3,(H,78,89)(H,79,92)(H,80,90)(H,81,91)(H,82,93)(H,83,95)(H,84,96)(H,85,94)(H,98,99)(H4,75,76,77)/t44-,51-,52-,53+,54-,55-,56-,57-,58-,59-,60-/m0/s1. The third-order valence-electron chi connectivity index (χ3n) is 17.2. The van der Waals surface area contributed by atoms with Crippen molar-refractivity contribution in [2.24, 2.45) is 45.5 Å². The highest BCUT2D eigenvalue weighted by atomic mass is 16.4. The Morgan fingerprint density at radius 1 is 0.505 bits per heavy atom. The first-order valence-electron chi connectivity index (χ1n) is 34.1. The maximum Gasteiger partial charge on any atom is 0.326 e. The minimum atomic E-state index is -1.39.